The smallest absolute Gasteiger partial charge is 0.251 e. The van der Waals surface area contributed by atoms with Crippen LogP contribution in [0.4, 0.5) is 0 Å². The molecule has 0 radical (unpaired) electrons. The molecule has 1 N–H and O–H groups in total. The van der Waals surface area contributed by atoms with Crippen LogP contribution in [-0.4, -0.2) is 28.6 Å². The number of fused-ring (bicyclic) bond motifs is 1. The highest BCUT2D eigenvalue weighted by atomic mass is 79.9. The summed E-state index contributed by atoms with van der Waals surface area (Å²) in [6.45, 7) is 8.88. The summed E-state index contributed by atoms with van der Waals surface area (Å²) in [5.41, 5.74) is 4.36. The van der Waals surface area contributed by atoms with Crippen LogP contribution in [0.5, 0.6) is 5.75 Å². The highest BCUT2D eigenvalue weighted by molar-refractivity contribution is 9.10. The molecule has 4 aromatic rings. The second-order valence-corrected chi connectivity index (χ2v) is 11.6. The Hall–Kier alpha value is -3.12. The second-order valence-electron chi connectivity index (χ2n) is 10.7. The molecule has 0 fully saturated rings. The molecule has 6 heteroatoms. The van der Waals surface area contributed by atoms with Crippen LogP contribution in [-0.2, 0) is 18.4 Å². The van der Waals surface area contributed by atoms with E-state index in [0.717, 1.165) is 60.2 Å². The first-order valence-electron chi connectivity index (χ1n) is 13.5. The molecule has 1 heterocycles. The number of amides is 1. The average Bonchev–Trinajstić information content (AvgIpc) is 3.25. The highest BCUT2D eigenvalue weighted by Gasteiger charge is 2.13. The lowest BCUT2D eigenvalue weighted by molar-refractivity contribution is 0.0953. The molecule has 0 bridgehead atoms. The van der Waals surface area contributed by atoms with Crippen molar-refractivity contribution in [2.45, 2.75) is 64.8 Å². The first-order valence-corrected chi connectivity index (χ1v) is 14.3. The molecule has 0 atom stereocenters. The number of aryl methyl sites for hydroxylation is 2. The number of aromatic nitrogens is 2. The number of nitrogens with zero attached hydrogens (tertiary/aromatic N) is 2. The minimum Gasteiger partial charge on any atom is -0.494 e. The predicted octanol–water partition coefficient (Wildman–Crippen LogP) is 7.71. The number of halogens is 1. The van der Waals surface area contributed by atoms with Crippen molar-refractivity contribution >= 4 is 32.9 Å². The summed E-state index contributed by atoms with van der Waals surface area (Å²) in [5.74, 6) is 2.01. The topological polar surface area (TPSA) is 56.1 Å². The number of unbranched alkanes of at least 4 members (excludes halogenated alkanes) is 2. The number of carbonyl (C=O) groups is 1. The lowest BCUT2D eigenvalue weighted by Gasteiger charge is -2.19. The molecule has 0 aliphatic rings. The third-order valence-electron chi connectivity index (χ3n) is 6.70. The molecule has 4 rings (SSSR count). The third-order valence-corrected chi connectivity index (χ3v) is 7.19. The number of hydrogen-bond acceptors (Lipinski definition) is 3. The number of hydrogen-bond donors (Lipinski definition) is 1. The number of para-hydroxylation sites is 2. The number of ether oxygens (including phenoxy) is 1. The van der Waals surface area contributed by atoms with E-state index in [1.165, 1.54) is 11.1 Å². The standard InChI is InChI=1S/C32H38BrN3O2/c1-32(2,3)25-16-18-27(19-17-25)38-22-10-21-36-29-14-7-6-13-28(29)35-30(36)15-5-4-8-20-34-31(37)24-11-9-12-26(33)23-24/h6-7,9,11-14,16-19,23H,4-5,8,10,15,20-22H2,1-3H3,(H,34,37). The maximum Gasteiger partial charge on any atom is 0.251 e. The van der Waals surface area contributed by atoms with Crippen LogP contribution in [0.2, 0.25) is 0 Å². The average molecular weight is 577 g/mol. The van der Waals surface area contributed by atoms with E-state index in [4.69, 9.17) is 9.72 Å². The summed E-state index contributed by atoms with van der Waals surface area (Å²) in [6.07, 6.45) is 4.85. The maximum atomic E-state index is 12.3. The van der Waals surface area contributed by atoms with E-state index in [2.05, 4.69) is 89.0 Å². The molecule has 38 heavy (non-hydrogen) atoms. The van der Waals surface area contributed by atoms with Gasteiger partial charge in [-0.2, -0.15) is 0 Å². The van der Waals surface area contributed by atoms with E-state index in [1.54, 1.807) is 0 Å². The van der Waals surface area contributed by atoms with Crippen molar-refractivity contribution < 1.29 is 9.53 Å². The zero-order valence-corrected chi connectivity index (χ0v) is 24.3. The normalized spacial score (nSPS) is 11.6. The molecule has 3 aromatic carbocycles. The van der Waals surface area contributed by atoms with Crippen molar-refractivity contribution in [3.05, 3.63) is 94.2 Å². The van der Waals surface area contributed by atoms with Crippen LogP contribution in [0.25, 0.3) is 11.0 Å². The Balaban J connectivity index is 1.24. The van der Waals surface area contributed by atoms with Crippen molar-refractivity contribution in [2.24, 2.45) is 0 Å². The molecule has 0 saturated heterocycles. The molecule has 0 aliphatic heterocycles. The Kier molecular flexibility index (Phi) is 9.62. The van der Waals surface area contributed by atoms with E-state index in [-0.39, 0.29) is 11.3 Å². The van der Waals surface area contributed by atoms with Gasteiger partial charge in [0.05, 0.1) is 17.6 Å². The van der Waals surface area contributed by atoms with Crippen LogP contribution in [0.1, 0.15) is 68.2 Å². The molecule has 1 aromatic heterocycles. The van der Waals surface area contributed by atoms with Crippen molar-refractivity contribution in [1.29, 1.82) is 0 Å². The Morgan fingerprint density at radius 3 is 2.50 bits per heavy atom. The Labute approximate surface area is 234 Å². The van der Waals surface area contributed by atoms with Gasteiger partial charge >= 0.3 is 0 Å². The monoisotopic (exact) mass is 575 g/mol. The van der Waals surface area contributed by atoms with Gasteiger partial charge in [0.1, 0.15) is 11.6 Å². The SMILES string of the molecule is CC(C)(C)c1ccc(OCCCn2c(CCCCCNC(=O)c3cccc(Br)c3)nc3ccccc32)cc1. The van der Waals surface area contributed by atoms with Crippen molar-refractivity contribution in [2.75, 3.05) is 13.2 Å². The lowest BCUT2D eigenvalue weighted by Crippen LogP contribution is -2.24. The molecule has 5 nitrogen and oxygen atoms in total. The highest BCUT2D eigenvalue weighted by Crippen LogP contribution is 2.24. The van der Waals surface area contributed by atoms with Gasteiger partial charge in [-0.05, 0) is 72.7 Å². The molecule has 200 valence electrons. The number of carbonyl (C=O) groups excluding carboxylic acids is 1. The van der Waals surface area contributed by atoms with E-state index < -0.39 is 0 Å². The van der Waals surface area contributed by atoms with Gasteiger partial charge in [-0.15, -0.1) is 0 Å². The minimum atomic E-state index is -0.0274. The van der Waals surface area contributed by atoms with Crippen LogP contribution < -0.4 is 10.1 Å². The summed E-state index contributed by atoms with van der Waals surface area (Å²) < 4.78 is 9.29. The number of imidazole rings is 1. The van der Waals surface area contributed by atoms with Crippen LogP contribution in [0, 0.1) is 0 Å². The Morgan fingerprint density at radius 2 is 1.74 bits per heavy atom. The molecule has 0 aliphatic carbocycles. The van der Waals surface area contributed by atoms with Crippen molar-refractivity contribution in [1.82, 2.24) is 14.9 Å². The van der Waals surface area contributed by atoms with E-state index in [0.29, 0.717) is 18.7 Å². The molecule has 1 amide bonds. The summed E-state index contributed by atoms with van der Waals surface area (Å²) in [6, 6.07) is 24.3. The van der Waals surface area contributed by atoms with E-state index >= 15 is 0 Å². The fourth-order valence-electron chi connectivity index (χ4n) is 4.55. The summed E-state index contributed by atoms with van der Waals surface area (Å²) in [7, 11) is 0. The molecular weight excluding hydrogens is 538 g/mol. The van der Waals surface area contributed by atoms with Gasteiger partial charge in [-0.1, -0.05) is 73.5 Å². The molecule has 0 spiro atoms. The van der Waals surface area contributed by atoms with Gasteiger partial charge in [-0.3, -0.25) is 4.79 Å². The Morgan fingerprint density at radius 1 is 0.947 bits per heavy atom. The lowest BCUT2D eigenvalue weighted by atomic mass is 9.87. The van der Waals surface area contributed by atoms with Crippen molar-refractivity contribution in [3.63, 3.8) is 0 Å². The van der Waals surface area contributed by atoms with Gasteiger partial charge < -0.3 is 14.6 Å². The predicted molar refractivity (Wildman–Crippen MR) is 159 cm³/mol. The number of rotatable bonds is 12. The van der Waals surface area contributed by atoms with Gasteiger partial charge in [0.25, 0.3) is 5.91 Å². The minimum absolute atomic E-state index is 0.0274. The molecular formula is C32H38BrN3O2. The maximum absolute atomic E-state index is 12.3. The van der Waals surface area contributed by atoms with Gasteiger partial charge in [-0.25, -0.2) is 4.98 Å². The van der Waals surface area contributed by atoms with Gasteiger partial charge in [0.2, 0.25) is 0 Å². The van der Waals surface area contributed by atoms with Crippen LogP contribution in [0.15, 0.2) is 77.3 Å². The molecule has 0 saturated carbocycles. The van der Waals surface area contributed by atoms with Crippen LogP contribution >= 0.6 is 15.9 Å². The van der Waals surface area contributed by atoms with Crippen molar-refractivity contribution in [3.8, 4) is 5.75 Å². The van der Waals surface area contributed by atoms with Gasteiger partial charge in [0, 0.05) is 29.5 Å². The largest absolute Gasteiger partial charge is 0.494 e. The summed E-state index contributed by atoms with van der Waals surface area (Å²) in [5, 5.41) is 3.02. The first kappa shape index (κ1) is 27.9. The zero-order chi connectivity index (χ0) is 27.0. The quantitative estimate of drug-likeness (QED) is 0.176. The fourth-order valence-corrected chi connectivity index (χ4v) is 4.95. The summed E-state index contributed by atoms with van der Waals surface area (Å²) in [4.78, 5) is 17.2. The van der Waals surface area contributed by atoms with E-state index in [9.17, 15) is 4.79 Å². The summed E-state index contributed by atoms with van der Waals surface area (Å²) >= 11 is 3.42. The fraction of sp³-hybridized carbons (Fsp3) is 0.375. The van der Waals surface area contributed by atoms with E-state index in [1.807, 2.05) is 30.3 Å². The zero-order valence-electron chi connectivity index (χ0n) is 22.7. The van der Waals surface area contributed by atoms with Gasteiger partial charge in [0.15, 0.2) is 0 Å². The molecule has 0 unspecified atom stereocenters. The number of nitrogens with one attached hydrogen (secondary N) is 1. The second kappa shape index (κ2) is 13.1. The third kappa shape index (κ3) is 7.70. The Bertz CT molecular complexity index is 1340. The number of benzene rings is 3. The first-order chi connectivity index (χ1) is 18.3. The van der Waals surface area contributed by atoms with Crippen LogP contribution in [0.3, 0.4) is 0 Å².